The molecule has 1 amide bonds. The number of rotatable bonds is 2. The zero-order valence-corrected chi connectivity index (χ0v) is 11.0. The van der Waals surface area contributed by atoms with E-state index in [2.05, 4.69) is 5.10 Å². The molecule has 1 aliphatic rings. The van der Waals surface area contributed by atoms with Crippen LogP contribution in [0.2, 0.25) is 5.02 Å². The maximum absolute atomic E-state index is 12.2. The summed E-state index contributed by atoms with van der Waals surface area (Å²) in [6, 6.07) is 6.52. The molecule has 7 heteroatoms. The number of carbonyl (C=O) groups excluding carboxylic acids is 1. The van der Waals surface area contributed by atoms with Gasteiger partial charge in [-0.1, -0.05) is 11.6 Å². The fourth-order valence-corrected chi connectivity index (χ4v) is 2.23. The third-order valence-electron chi connectivity index (χ3n) is 3.07. The maximum Gasteiger partial charge on any atom is 0.354 e. The van der Waals surface area contributed by atoms with Crippen molar-refractivity contribution in [3.05, 3.63) is 45.6 Å². The molecular formula is C12H11ClN4O2. The molecule has 0 radical (unpaired) electrons. The molecule has 0 atom stereocenters. The van der Waals surface area contributed by atoms with Crippen LogP contribution in [0.1, 0.15) is 12.7 Å². The van der Waals surface area contributed by atoms with E-state index in [0.717, 1.165) is 4.57 Å². The standard InChI is InChI=1S/C12H11ClN4O2/c1-2-16-12(19)17-10(14-16)7-15(11(17)18)9-5-3-8(13)4-6-9/h3-6H,2,7H2,1H3. The van der Waals surface area contributed by atoms with E-state index in [1.54, 1.807) is 24.3 Å². The van der Waals surface area contributed by atoms with E-state index in [-0.39, 0.29) is 11.7 Å². The van der Waals surface area contributed by atoms with Crippen LogP contribution in [0.5, 0.6) is 0 Å². The number of aromatic nitrogens is 3. The lowest BCUT2D eigenvalue weighted by Crippen LogP contribution is -2.34. The molecule has 0 saturated heterocycles. The molecule has 1 aromatic carbocycles. The van der Waals surface area contributed by atoms with Crippen molar-refractivity contribution >= 4 is 23.3 Å². The van der Waals surface area contributed by atoms with Crippen molar-refractivity contribution in [2.45, 2.75) is 20.0 Å². The van der Waals surface area contributed by atoms with E-state index < -0.39 is 0 Å². The third-order valence-corrected chi connectivity index (χ3v) is 3.32. The first-order valence-corrected chi connectivity index (χ1v) is 6.25. The molecule has 0 bridgehead atoms. The first-order valence-electron chi connectivity index (χ1n) is 5.88. The first-order chi connectivity index (χ1) is 9.11. The van der Waals surface area contributed by atoms with Crippen LogP contribution in [0.25, 0.3) is 0 Å². The molecule has 0 spiro atoms. The maximum atomic E-state index is 12.2. The number of benzene rings is 1. The van der Waals surface area contributed by atoms with Crippen molar-refractivity contribution in [3.8, 4) is 0 Å². The Hall–Kier alpha value is -2.08. The van der Waals surface area contributed by atoms with E-state index in [1.807, 2.05) is 6.92 Å². The van der Waals surface area contributed by atoms with Gasteiger partial charge >= 0.3 is 11.7 Å². The minimum absolute atomic E-state index is 0.294. The highest BCUT2D eigenvalue weighted by atomic mass is 35.5. The Kier molecular flexibility index (Phi) is 2.67. The first kappa shape index (κ1) is 12.0. The molecular weight excluding hydrogens is 268 g/mol. The summed E-state index contributed by atoms with van der Waals surface area (Å²) in [7, 11) is 0. The van der Waals surface area contributed by atoms with E-state index in [4.69, 9.17) is 11.6 Å². The fraction of sp³-hybridized carbons (Fsp3) is 0.250. The average molecular weight is 279 g/mol. The molecule has 0 saturated carbocycles. The van der Waals surface area contributed by atoms with Gasteiger partial charge in [0.05, 0.1) is 6.54 Å². The van der Waals surface area contributed by atoms with Crippen LogP contribution in [0.4, 0.5) is 10.5 Å². The molecule has 2 heterocycles. The van der Waals surface area contributed by atoms with E-state index in [9.17, 15) is 9.59 Å². The van der Waals surface area contributed by atoms with Crippen molar-refractivity contribution in [2.24, 2.45) is 0 Å². The zero-order chi connectivity index (χ0) is 13.6. The fourth-order valence-electron chi connectivity index (χ4n) is 2.11. The molecule has 98 valence electrons. The monoisotopic (exact) mass is 278 g/mol. The largest absolute Gasteiger partial charge is 0.354 e. The summed E-state index contributed by atoms with van der Waals surface area (Å²) >= 11 is 5.81. The Morgan fingerprint density at radius 3 is 2.53 bits per heavy atom. The molecule has 2 aromatic rings. The summed E-state index contributed by atoms with van der Waals surface area (Å²) in [5.74, 6) is 0.465. The molecule has 1 aliphatic heterocycles. The quantitative estimate of drug-likeness (QED) is 0.840. The number of hydrogen-bond donors (Lipinski definition) is 0. The molecule has 0 fully saturated rings. The Morgan fingerprint density at radius 1 is 1.26 bits per heavy atom. The molecule has 6 nitrogen and oxygen atoms in total. The number of nitrogens with zero attached hydrogens (tertiary/aromatic N) is 4. The summed E-state index contributed by atoms with van der Waals surface area (Å²) in [5.41, 5.74) is 0.307. The number of aryl methyl sites for hydroxylation is 1. The van der Waals surface area contributed by atoms with Gasteiger partial charge in [-0.05, 0) is 31.2 Å². The van der Waals surface area contributed by atoms with Crippen molar-refractivity contribution in [1.29, 1.82) is 0 Å². The highest BCUT2D eigenvalue weighted by Gasteiger charge is 2.32. The second-order valence-corrected chi connectivity index (χ2v) is 4.63. The van der Waals surface area contributed by atoms with E-state index in [1.165, 1.54) is 9.58 Å². The molecule has 0 N–H and O–H groups in total. The van der Waals surface area contributed by atoms with Gasteiger partial charge < -0.3 is 0 Å². The van der Waals surface area contributed by atoms with Gasteiger partial charge in [-0.25, -0.2) is 14.3 Å². The average Bonchev–Trinajstić information content (AvgIpc) is 2.89. The Bertz CT molecular complexity index is 702. The van der Waals surface area contributed by atoms with Gasteiger partial charge in [0, 0.05) is 17.3 Å². The van der Waals surface area contributed by atoms with Gasteiger partial charge in [0.25, 0.3) is 0 Å². The predicted octanol–water partition coefficient (Wildman–Crippen LogP) is 1.71. The highest BCUT2D eigenvalue weighted by Crippen LogP contribution is 2.23. The van der Waals surface area contributed by atoms with Gasteiger partial charge in [-0.2, -0.15) is 9.67 Å². The Morgan fingerprint density at radius 2 is 1.95 bits per heavy atom. The smallest absolute Gasteiger partial charge is 0.286 e. The van der Waals surface area contributed by atoms with Gasteiger partial charge in [-0.15, -0.1) is 0 Å². The van der Waals surface area contributed by atoms with Gasteiger partial charge in [0.1, 0.15) is 0 Å². The van der Waals surface area contributed by atoms with Crippen LogP contribution in [-0.2, 0) is 13.1 Å². The Labute approximate surface area is 113 Å². The lowest BCUT2D eigenvalue weighted by Gasteiger charge is -2.14. The van der Waals surface area contributed by atoms with Crippen molar-refractivity contribution in [3.63, 3.8) is 0 Å². The molecule has 1 aromatic heterocycles. The van der Waals surface area contributed by atoms with Crippen molar-refractivity contribution in [2.75, 3.05) is 4.90 Å². The summed E-state index contributed by atoms with van der Waals surface area (Å²) in [6.07, 6.45) is 0. The van der Waals surface area contributed by atoms with Crippen LogP contribution in [0.15, 0.2) is 29.1 Å². The summed E-state index contributed by atoms with van der Waals surface area (Å²) in [6.45, 7) is 2.56. The van der Waals surface area contributed by atoms with Crippen molar-refractivity contribution < 1.29 is 4.79 Å². The lowest BCUT2D eigenvalue weighted by molar-refractivity contribution is 0.250. The van der Waals surface area contributed by atoms with Crippen LogP contribution in [0, 0.1) is 0 Å². The number of hydrogen-bond acceptors (Lipinski definition) is 3. The molecule has 19 heavy (non-hydrogen) atoms. The van der Waals surface area contributed by atoms with Gasteiger partial charge in [0.15, 0.2) is 5.82 Å². The number of halogens is 1. The topological polar surface area (TPSA) is 60.1 Å². The number of fused-ring (bicyclic) bond motifs is 1. The predicted molar refractivity (Wildman–Crippen MR) is 70.6 cm³/mol. The second kappa shape index (κ2) is 4.24. The minimum atomic E-state index is -0.390. The number of amides is 1. The van der Waals surface area contributed by atoms with Gasteiger partial charge in [-0.3, -0.25) is 4.90 Å². The molecule has 0 unspecified atom stereocenters. The zero-order valence-electron chi connectivity index (χ0n) is 10.2. The Balaban J connectivity index is 2.00. The van der Waals surface area contributed by atoms with E-state index in [0.29, 0.717) is 29.6 Å². The summed E-state index contributed by atoms with van der Waals surface area (Å²) in [5, 5.41) is 4.73. The normalized spacial score (nSPS) is 14.0. The lowest BCUT2D eigenvalue weighted by atomic mass is 10.3. The third kappa shape index (κ3) is 1.76. The second-order valence-electron chi connectivity index (χ2n) is 4.20. The van der Waals surface area contributed by atoms with Crippen LogP contribution in [-0.4, -0.2) is 20.4 Å². The summed E-state index contributed by atoms with van der Waals surface area (Å²) < 4.78 is 2.39. The van der Waals surface area contributed by atoms with Crippen LogP contribution < -0.4 is 10.6 Å². The van der Waals surface area contributed by atoms with Crippen LogP contribution >= 0.6 is 11.6 Å². The van der Waals surface area contributed by atoms with E-state index >= 15 is 0 Å². The van der Waals surface area contributed by atoms with Crippen molar-refractivity contribution in [1.82, 2.24) is 14.3 Å². The SMILES string of the molecule is CCn1nc2n(c1=O)C(=O)N(c1ccc(Cl)cc1)C2. The highest BCUT2D eigenvalue weighted by molar-refractivity contribution is 6.30. The summed E-state index contributed by atoms with van der Waals surface area (Å²) in [4.78, 5) is 25.7. The molecule has 3 rings (SSSR count). The number of carbonyl (C=O) groups is 1. The van der Waals surface area contributed by atoms with Gasteiger partial charge in [0.2, 0.25) is 0 Å². The number of anilines is 1. The van der Waals surface area contributed by atoms with Crippen LogP contribution in [0.3, 0.4) is 0 Å². The molecule has 0 aliphatic carbocycles. The minimum Gasteiger partial charge on any atom is -0.286 e.